The molecule has 0 fully saturated rings. The molecular weight excluding hydrogens is 256 g/mol. The summed E-state index contributed by atoms with van der Waals surface area (Å²) in [5.41, 5.74) is 2.90. The average molecular weight is 274 g/mol. The Hall–Kier alpha value is -2.35. The molecule has 1 unspecified atom stereocenters. The van der Waals surface area contributed by atoms with Crippen molar-refractivity contribution in [2.75, 3.05) is 5.32 Å². The van der Waals surface area contributed by atoms with E-state index in [4.69, 9.17) is 0 Å². The summed E-state index contributed by atoms with van der Waals surface area (Å²) in [6.07, 6.45) is 5.48. The molecule has 1 atom stereocenters. The first-order valence-electron chi connectivity index (χ1n) is 7.60. The Morgan fingerprint density at radius 3 is 2.81 bits per heavy atom. The fourth-order valence-corrected chi connectivity index (χ4v) is 3.30. The summed E-state index contributed by atoms with van der Waals surface area (Å²) in [5.74, 6) is 0.995. The maximum absolute atomic E-state index is 4.56. The molecule has 0 spiro atoms. The molecule has 0 saturated heterocycles. The Balaban J connectivity index is 1.73. The van der Waals surface area contributed by atoms with E-state index in [0.717, 1.165) is 5.82 Å². The van der Waals surface area contributed by atoms with Crippen molar-refractivity contribution in [2.24, 2.45) is 0 Å². The van der Waals surface area contributed by atoms with E-state index in [1.54, 1.807) is 0 Å². The van der Waals surface area contributed by atoms with Gasteiger partial charge in [-0.05, 0) is 41.8 Å². The molecule has 1 aliphatic rings. The number of anilines is 1. The molecule has 0 amide bonds. The van der Waals surface area contributed by atoms with Gasteiger partial charge in [0, 0.05) is 11.6 Å². The molecule has 1 N–H and O–H groups in total. The van der Waals surface area contributed by atoms with Crippen molar-refractivity contribution in [2.45, 2.75) is 25.3 Å². The molecule has 2 nitrogen and oxygen atoms in total. The first-order valence-corrected chi connectivity index (χ1v) is 7.60. The molecule has 2 aromatic carbocycles. The van der Waals surface area contributed by atoms with E-state index >= 15 is 0 Å². The van der Waals surface area contributed by atoms with Crippen molar-refractivity contribution in [1.29, 1.82) is 0 Å². The molecule has 0 bridgehead atoms. The van der Waals surface area contributed by atoms with Crippen LogP contribution in [0.3, 0.4) is 0 Å². The lowest BCUT2D eigenvalue weighted by atomic mass is 9.87. The van der Waals surface area contributed by atoms with Crippen molar-refractivity contribution in [3.05, 3.63) is 71.9 Å². The second kappa shape index (κ2) is 5.21. The average Bonchev–Trinajstić information content (AvgIpc) is 2.56. The minimum atomic E-state index is 0.369. The molecular formula is C19H18N2. The number of aromatic nitrogens is 1. The smallest absolute Gasteiger partial charge is 0.134 e. The number of hydrogen-bond acceptors (Lipinski definition) is 2. The van der Waals surface area contributed by atoms with Gasteiger partial charge in [-0.25, -0.2) is 4.98 Å². The van der Waals surface area contributed by atoms with Crippen LogP contribution in [-0.4, -0.2) is 4.98 Å². The van der Waals surface area contributed by atoms with Crippen LogP contribution in [0.25, 0.3) is 10.8 Å². The number of nitrogens with zero attached hydrogens (tertiary/aromatic N) is 1. The molecule has 4 rings (SSSR count). The van der Waals surface area contributed by atoms with E-state index in [1.165, 1.54) is 41.2 Å². The van der Waals surface area contributed by atoms with E-state index in [-0.39, 0.29) is 0 Å². The second-order valence-electron chi connectivity index (χ2n) is 5.67. The third-order valence-corrected chi connectivity index (χ3v) is 4.35. The highest BCUT2D eigenvalue weighted by Gasteiger charge is 2.20. The van der Waals surface area contributed by atoms with Gasteiger partial charge in [-0.15, -0.1) is 0 Å². The fraction of sp³-hybridized carbons (Fsp3) is 0.211. The van der Waals surface area contributed by atoms with E-state index in [2.05, 4.69) is 64.9 Å². The number of fused-ring (bicyclic) bond motifs is 2. The summed E-state index contributed by atoms with van der Waals surface area (Å²) >= 11 is 0. The van der Waals surface area contributed by atoms with E-state index < -0.39 is 0 Å². The van der Waals surface area contributed by atoms with Gasteiger partial charge < -0.3 is 5.32 Å². The van der Waals surface area contributed by atoms with Crippen LogP contribution in [0.5, 0.6) is 0 Å². The molecule has 21 heavy (non-hydrogen) atoms. The predicted octanol–water partition coefficient (Wildman–Crippen LogP) is 4.72. The fourth-order valence-electron chi connectivity index (χ4n) is 3.30. The summed E-state index contributed by atoms with van der Waals surface area (Å²) in [5, 5.41) is 6.10. The monoisotopic (exact) mass is 274 g/mol. The van der Waals surface area contributed by atoms with E-state index in [9.17, 15) is 0 Å². The molecule has 0 radical (unpaired) electrons. The lowest BCUT2D eigenvalue weighted by molar-refractivity contribution is 0.599. The van der Waals surface area contributed by atoms with Crippen molar-refractivity contribution in [3.8, 4) is 0 Å². The van der Waals surface area contributed by atoms with Crippen LogP contribution in [-0.2, 0) is 6.42 Å². The van der Waals surface area contributed by atoms with E-state index in [0.29, 0.717) is 6.04 Å². The number of hydrogen-bond donors (Lipinski definition) is 1. The van der Waals surface area contributed by atoms with Gasteiger partial charge in [-0.3, -0.25) is 0 Å². The molecule has 1 aromatic heterocycles. The third-order valence-electron chi connectivity index (χ3n) is 4.35. The van der Waals surface area contributed by atoms with Gasteiger partial charge in [0.15, 0.2) is 0 Å². The number of pyridine rings is 1. The molecule has 0 saturated carbocycles. The highest BCUT2D eigenvalue weighted by atomic mass is 15.0. The zero-order chi connectivity index (χ0) is 14.1. The predicted molar refractivity (Wildman–Crippen MR) is 87.5 cm³/mol. The normalized spacial score (nSPS) is 17.4. The van der Waals surface area contributed by atoms with Gasteiger partial charge in [0.25, 0.3) is 0 Å². The molecule has 104 valence electrons. The first-order chi connectivity index (χ1) is 10.4. The summed E-state index contributed by atoms with van der Waals surface area (Å²) in [4.78, 5) is 4.56. The number of rotatable bonds is 2. The SMILES string of the molecule is c1ccc2c(c1)CCCC2Nc1nccc2ccccc12. The van der Waals surface area contributed by atoms with Crippen LogP contribution < -0.4 is 5.32 Å². The summed E-state index contributed by atoms with van der Waals surface area (Å²) in [7, 11) is 0. The first kappa shape index (κ1) is 12.4. The maximum atomic E-state index is 4.56. The Morgan fingerprint density at radius 2 is 1.81 bits per heavy atom. The summed E-state index contributed by atoms with van der Waals surface area (Å²) in [6.45, 7) is 0. The van der Waals surface area contributed by atoms with Gasteiger partial charge in [0.2, 0.25) is 0 Å². The van der Waals surface area contributed by atoms with Gasteiger partial charge in [0.05, 0.1) is 6.04 Å². The number of aryl methyl sites for hydroxylation is 1. The van der Waals surface area contributed by atoms with Crippen LogP contribution in [0.2, 0.25) is 0 Å². The van der Waals surface area contributed by atoms with Crippen molar-refractivity contribution in [3.63, 3.8) is 0 Å². The van der Waals surface area contributed by atoms with Gasteiger partial charge in [-0.1, -0.05) is 48.5 Å². The minimum Gasteiger partial charge on any atom is -0.363 e. The Bertz CT molecular complexity index is 774. The zero-order valence-electron chi connectivity index (χ0n) is 11.9. The van der Waals surface area contributed by atoms with Crippen LogP contribution in [0.4, 0.5) is 5.82 Å². The quantitative estimate of drug-likeness (QED) is 0.731. The lowest BCUT2D eigenvalue weighted by Crippen LogP contribution is -2.17. The maximum Gasteiger partial charge on any atom is 0.134 e. The third kappa shape index (κ3) is 2.27. The van der Waals surface area contributed by atoms with Gasteiger partial charge in [-0.2, -0.15) is 0 Å². The van der Waals surface area contributed by atoms with Gasteiger partial charge >= 0.3 is 0 Å². The molecule has 1 aliphatic carbocycles. The van der Waals surface area contributed by atoms with Crippen molar-refractivity contribution < 1.29 is 0 Å². The second-order valence-corrected chi connectivity index (χ2v) is 5.67. The van der Waals surface area contributed by atoms with Crippen molar-refractivity contribution >= 4 is 16.6 Å². The van der Waals surface area contributed by atoms with Crippen LogP contribution in [0, 0.1) is 0 Å². The number of benzene rings is 2. The summed E-state index contributed by atoms with van der Waals surface area (Å²) < 4.78 is 0. The molecule has 1 heterocycles. The highest BCUT2D eigenvalue weighted by Crippen LogP contribution is 2.33. The molecule has 2 heteroatoms. The zero-order valence-corrected chi connectivity index (χ0v) is 11.9. The van der Waals surface area contributed by atoms with Crippen molar-refractivity contribution in [1.82, 2.24) is 4.98 Å². The Morgan fingerprint density at radius 1 is 0.952 bits per heavy atom. The standard InChI is InChI=1S/C19H18N2/c1-3-9-16-14(6-1)8-5-11-18(16)21-19-17-10-4-2-7-15(17)12-13-20-19/h1-4,6-7,9-10,12-13,18H,5,8,11H2,(H,20,21). The van der Waals surface area contributed by atoms with Crippen LogP contribution in [0.15, 0.2) is 60.8 Å². The van der Waals surface area contributed by atoms with Crippen LogP contribution >= 0.6 is 0 Å². The molecule has 0 aliphatic heterocycles. The summed E-state index contributed by atoms with van der Waals surface area (Å²) in [6, 6.07) is 19.6. The minimum absolute atomic E-state index is 0.369. The lowest BCUT2D eigenvalue weighted by Gasteiger charge is -2.27. The van der Waals surface area contributed by atoms with E-state index in [1.807, 2.05) is 6.20 Å². The Kier molecular flexibility index (Phi) is 3.07. The topological polar surface area (TPSA) is 24.9 Å². The molecule has 3 aromatic rings. The van der Waals surface area contributed by atoms with Crippen LogP contribution in [0.1, 0.15) is 30.0 Å². The largest absolute Gasteiger partial charge is 0.363 e. The van der Waals surface area contributed by atoms with Gasteiger partial charge in [0.1, 0.15) is 5.82 Å². The number of nitrogens with one attached hydrogen (secondary N) is 1. The Labute approximate surface area is 124 Å². The highest BCUT2D eigenvalue weighted by molar-refractivity contribution is 5.91.